The van der Waals surface area contributed by atoms with Gasteiger partial charge in [0.15, 0.2) is 11.6 Å². The third-order valence-electron chi connectivity index (χ3n) is 10.9. The average Bonchev–Trinajstić information content (AvgIpc) is 3.83. The van der Waals surface area contributed by atoms with Crippen LogP contribution in [0, 0.1) is 17.2 Å². The Morgan fingerprint density at radius 1 is 1.20 bits per heavy atom. The molecule has 2 saturated heterocycles. The molecule has 3 unspecified atom stereocenters. The third kappa shape index (κ3) is 6.15. The summed E-state index contributed by atoms with van der Waals surface area (Å²) in [5.74, 6) is 1.91. The molecule has 4 aliphatic heterocycles. The zero-order valence-electron chi connectivity index (χ0n) is 29.8. The second kappa shape index (κ2) is 14.4. The number of aliphatic imine (C=N–C) groups is 2. The van der Waals surface area contributed by atoms with E-state index in [4.69, 9.17) is 43.9 Å². The van der Waals surface area contributed by atoms with E-state index in [1.807, 2.05) is 9.91 Å². The van der Waals surface area contributed by atoms with Gasteiger partial charge in [-0.3, -0.25) is 4.99 Å². The molecule has 2 aromatic heterocycles. The van der Waals surface area contributed by atoms with Gasteiger partial charge in [0.05, 0.1) is 56.7 Å². The molecule has 0 saturated carbocycles. The lowest BCUT2D eigenvalue weighted by Crippen LogP contribution is -2.59. The molecular weight excluding hydrogens is 643 g/mol. The molecule has 258 valence electrons. The van der Waals surface area contributed by atoms with Crippen molar-refractivity contribution in [3.8, 4) is 17.4 Å². The predicted molar refractivity (Wildman–Crippen MR) is 203 cm³/mol. The fourth-order valence-electron chi connectivity index (χ4n) is 7.95. The molecule has 6 heterocycles. The van der Waals surface area contributed by atoms with E-state index in [1.165, 1.54) is 11.3 Å². The zero-order valence-corrected chi connectivity index (χ0v) is 30.6. The summed E-state index contributed by atoms with van der Waals surface area (Å²) in [6.45, 7) is 12.6. The monoisotopic (exact) mass is 689 g/mol. The van der Waals surface area contributed by atoms with Crippen LogP contribution in [0.4, 0.5) is 5.00 Å². The summed E-state index contributed by atoms with van der Waals surface area (Å²) in [5.41, 5.74) is 7.46. The van der Waals surface area contributed by atoms with Crippen LogP contribution in [0.25, 0.3) is 11.3 Å². The summed E-state index contributed by atoms with van der Waals surface area (Å²) >= 11 is 1.43. The van der Waals surface area contributed by atoms with Crippen molar-refractivity contribution in [2.45, 2.75) is 108 Å². The molecule has 0 amide bonds. The topological polar surface area (TPSA) is 143 Å². The highest BCUT2D eigenvalue weighted by atomic mass is 32.1. The van der Waals surface area contributed by atoms with Gasteiger partial charge < -0.3 is 25.2 Å². The largest absolute Gasteiger partial charge is 0.394 e. The van der Waals surface area contributed by atoms with Crippen molar-refractivity contribution in [2.24, 2.45) is 21.0 Å². The van der Waals surface area contributed by atoms with Gasteiger partial charge in [0.2, 0.25) is 0 Å². The summed E-state index contributed by atoms with van der Waals surface area (Å²) in [4.78, 5) is 15.1. The van der Waals surface area contributed by atoms with Gasteiger partial charge >= 0.3 is 0 Å². The lowest BCUT2D eigenvalue weighted by atomic mass is 9.36. The number of nitriles is 1. The Morgan fingerprint density at radius 3 is 2.64 bits per heavy atom. The first kappa shape index (κ1) is 36.5. The molecule has 2 fully saturated rings. The first-order valence-corrected chi connectivity index (χ1v) is 18.7. The van der Waals surface area contributed by atoms with Crippen LogP contribution in [0.15, 0.2) is 31.0 Å². The molecule has 11 nitrogen and oxygen atoms in total. The summed E-state index contributed by atoms with van der Waals surface area (Å²) in [6, 6.07) is 2.00. The fourth-order valence-corrected chi connectivity index (χ4v) is 9.07. The molecule has 0 spiro atoms. The Labute approximate surface area is 304 Å². The van der Waals surface area contributed by atoms with E-state index in [-0.39, 0.29) is 18.3 Å². The highest BCUT2D eigenvalue weighted by Crippen LogP contribution is 2.50. The highest BCUT2D eigenvalue weighted by Gasteiger charge is 2.56. The molecule has 4 atom stereocenters. The minimum absolute atomic E-state index is 0.134. The van der Waals surface area contributed by atoms with Crippen molar-refractivity contribution < 1.29 is 9.63 Å². The van der Waals surface area contributed by atoms with E-state index in [0.29, 0.717) is 71.1 Å². The van der Waals surface area contributed by atoms with Gasteiger partial charge in [0.25, 0.3) is 0 Å². The average molecular weight is 689 g/mol. The van der Waals surface area contributed by atoms with E-state index in [9.17, 15) is 10.4 Å². The van der Waals surface area contributed by atoms with Gasteiger partial charge in [-0.25, -0.2) is 10.0 Å². The van der Waals surface area contributed by atoms with Gasteiger partial charge in [-0.1, -0.05) is 44.0 Å². The van der Waals surface area contributed by atoms with Crippen molar-refractivity contribution in [3.63, 3.8) is 0 Å². The number of nitrogens with two attached hydrogens (primary N) is 1. The normalized spacial score (nSPS) is 27.3. The molecule has 15 heteroatoms. The number of nitrogen functional groups attached to an aromatic ring is 1. The Balaban J connectivity index is 1.50. The number of thiophene rings is 1. The van der Waals surface area contributed by atoms with Crippen LogP contribution in [0.2, 0.25) is 5.21 Å². The minimum atomic E-state index is -2.20. The number of likely N-dealkylation sites (tertiary alicyclic amines) is 1. The maximum Gasteiger partial charge on any atom is 0.172 e. The number of aliphatic hydroxyl groups is 1. The lowest BCUT2D eigenvalue weighted by Gasteiger charge is -2.52. The van der Waals surface area contributed by atoms with Crippen LogP contribution in [0.3, 0.4) is 0 Å². The third-order valence-corrected chi connectivity index (χ3v) is 11.9. The second-order valence-electron chi connectivity index (χ2n) is 14.4. The van der Waals surface area contributed by atoms with Gasteiger partial charge in [-0.15, -0.1) is 11.3 Å². The van der Waals surface area contributed by atoms with Crippen LogP contribution in [0.1, 0.15) is 87.4 Å². The number of rotatable bonds is 11. The number of nitrogens with zero attached hydrogens (tertiary/aromatic N) is 8. The van der Waals surface area contributed by atoms with Crippen molar-refractivity contribution in [1.82, 2.24) is 20.0 Å². The number of anilines is 1. The Kier molecular flexibility index (Phi) is 10.5. The fraction of sp³-hybridized carbons (Fsp3) is 0.629. The first-order chi connectivity index (χ1) is 23.9. The second-order valence-corrected chi connectivity index (χ2v) is 15.5. The quantitative estimate of drug-likeness (QED) is 0.265. The number of piperidine rings is 1. The van der Waals surface area contributed by atoms with Gasteiger partial charge in [0.1, 0.15) is 30.4 Å². The number of likely N-dealkylation sites (N-methyl/N-ethyl adjacent to an activating group) is 1. The van der Waals surface area contributed by atoms with Crippen molar-refractivity contribution in [3.05, 3.63) is 33.1 Å². The number of amidine groups is 1. The molecule has 6 radical (unpaired) electrons. The van der Waals surface area contributed by atoms with Crippen LogP contribution >= 0.6 is 11.3 Å². The number of hydrogen-bond donors (Lipinski definition) is 2. The number of aromatic nitrogens is 1. The summed E-state index contributed by atoms with van der Waals surface area (Å²) in [5, 5.41) is 32.3. The number of unbranched alkanes of at least 4 members (excludes halogenated alkanes) is 1. The number of hydrazone groups is 1. The summed E-state index contributed by atoms with van der Waals surface area (Å²) in [6.07, 6.45) is 7.79. The van der Waals surface area contributed by atoms with E-state index >= 15 is 0 Å². The van der Waals surface area contributed by atoms with Crippen molar-refractivity contribution >= 4 is 58.1 Å². The van der Waals surface area contributed by atoms with Crippen molar-refractivity contribution in [2.75, 3.05) is 32.4 Å². The van der Waals surface area contributed by atoms with Gasteiger partial charge in [0, 0.05) is 29.1 Å². The maximum atomic E-state index is 12.1. The van der Waals surface area contributed by atoms with E-state index in [1.54, 1.807) is 0 Å². The van der Waals surface area contributed by atoms with Crippen molar-refractivity contribution in [1.29, 1.82) is 5.26 Å². The molecule has 3 N–H and O–H groups in total. The molecule has 0 aliphatic carbocycles. The maximum absolute atomic E-state index is 12.1. The molecule has 50 heavy (non-hydrogen) atoms. The Bertz CT molecular complexity index is 1760. The molecule has 2 aromatic rings. The van der Waals surface area contributed by atoms with E-state index in [2.05, 4.69) is 55.7 Å². The number of hydrogen-bond acceptors (Lipinski definition) is 11. The molecule has 0 aromatic carbocycles. The molecular formula is C35H46B3N9O2S. The van der Waals surface area contributed by atoms with Gasteiger partial charge in [-0.2, -0.15) is 10.4 Å². The summed E-state index contributed by atoms with van der Waals surface area (Å²) < 4.78 is 6.09. The Hall–Kier alpha value is -3.34. The summed E-state index contributed by atoms with van der Waals surface area (Å²) in [7, 11) is 22.5. The van der Waals surface area contributed by atoms with Gasteiger partial charge in [-0.05, 0) is 71.2 Å². The highest BCUT2D eigenvalue weighted by molar-refractivity contribution is 7.16. The smallest absolute Gasteiger partial charge is 0.172 e. The predicted octanol–water partition coefficient (Wildman–Crippen LogP) is 4.15. The molecule has 6 rings (SSSR count). The molecule has 4 aliphatic rings. The van der Waals surface area contributed by atoms with Crippen LogP contribution in [-0.4, -0.2) is 111 Å². The van der Waals surface area contributed by atoms with Crippen LogP contribution < -0.4 is 5.73 Å². The number of fused-ring (bicyclic) bond motifs is 2. The Morgan fingerprint density at radius 2 is 1.98 bits per heavy atom. The van der Waals surface area contributed by atoms with E-state index < -0.39 is 16.8 Å². The lowest BCUT2D eigenvalue weighted by molar-refractivity contribution is 0.0814. The van der Waals surface area contributed by atoms with Crippen LogP contribution in [-0.2, 0) is 19.4 Å². The number of aryl methyl sites for hydroxylation is 1. The minimum Gasteiger partial charge on any atom is -0.394 e. The standard InChI is InChI=1S/C35H46B3N9O2S/c1-6-8-12-22-24(44-49-29(22)27-23(16-39)31(40)50-25(27)10-7-2)17-42-33-28-30(43-47(33)19-21-11-9-15-45(21)5)35(38,48)34(36,37)26-14-13-20(3)18-46(26)32(28)41-4/h20-21,26,48H,4,6-15,17-19,40H2,1-3,5H3/t20?,21?,26-,35?/m1/s1. The SMILES string of the molecule is [B]C1(O)C2=NN(CC3CCCN3C)C(=NCc3noc(-c4c(CCC)sc(N)c4C#N)c3CCCC)C2=C(N=C)N2CC(C)CC[C@@H]2C1([B])[B]. The van der Waals surface area contributed by atoms with E-state index in [0.717, 1.165) is 67.5 Å². The van der Waals surface area contributed by atoms with Crippen LogP contribution in [0.5, 0.6) is 0 Å². The first-order valence-electron chi connectivity index (χ1n) is 17.9. The molecule has 0 bridgehead atoms. The zero-order chi connectivity index (χ0) is 36.0.